The fourth-order valence-corrected chi connectivity index (χ4v) is 3.10. The maximum absolute atomic E-state index is 12.1. The number of ether oxygens (including phenoxy) is 1. The molecule has 1 amide bonds. The molecule has 1 aliphatic rings. The Hall–Kier alpha value is -2.05. The summed E-state index contributed by atoms with van der Waals surface area (Å²) in [6.45, 7) is 4.57. The number of hydrogen-bond donors (Lipinski definition) is 1. The highest BCUT2D eigenvalue weighted by Crippen LogP contribution is 2.17. The molecule has 0 radical (unpaired) electrons. The van der Waals surface area contributed by atoms with E-state index in [0.29, 0.717) is 10.8 Å². The fourth-order valence-electron chi connectivity index (χ4n) is 2.97. The zero-order valence-corrected chi connectivity index (χ0v) is 15.0. The van der Waals surface area contributed by atoms with Gasteiger partial charge in [-0.15, -0.1) is 0 Å². The molecule has 1 saturated heterocycles. The fraction of sp³-hybridized carbons (Fsp3) is 0.444. The zero-order valence-electron chi connectivity index (χ0n) is 14.2. The van der Waals surface area contributed by atoms with Crippen molar-refractivity contribution in [2.24, 2.45) is 0 Å². The van der Waals surface area contributed by atoms with Crippen LogP contribution in [0.1, 0.15) is 24.1 Å². The third kappa shape index (κ3) is 5.21. The monoisotopic (exact) mass is 363 g/mol. The topological polar surface area (TPSA) is 67.6 Å². The predicted octanol–water partition coefficient (Wildman–Crippen LogP) is 2.80. The van der Waals surface area contributed by atoms with E-state index in [2.05, 4.69) is 15.4 Å². The van der Waals surface area contributed by atoms with Crippen LogP contribution in [0.2, 0.25) is 5.02 Å². The summed E-state index contributed by atoms with van der Waals surface area (Å²) in [7, 11) is 0. The first-order valence-corrected chi connectivity index (χ1v) is 8.78. The van der Waals surface area contributed by atoms with E-state index in [9.17, 15) is 4.79 Å². The van der Waals surface area contributed by atoms with Crippen molar-refractivity contribution in [1.82, 2.24) is 15.4 Å². The number of carbonyl (C=O) groups is 1. The molecule has 1 atom stereocenters. The number of hydrogen-bond acceptors (Lipinski definition) is 5. The molecule has 0 spiro atoms. The largest absolute Gasteiger partial charge is 0.484 e. The molecule has 0 saturated carbocycles. The van der Waals surface area contributed by atoms with Crippen molar-refractivity contribution in [3.8, 4) is 5.75 Å². The number of aromatic nitrogens is 1. The van der Waals surface area contributed by atoms with Gasteiger partial charge in [0.1, 0.15) is 12.0 Å². The molecule has 0 aliphatic carbocycles. The number of nitrogens with one attached hydrogen (secondary N) is 1. The highest BCUT2D eigenvalue weighted by molar-refractivity contribution is 6.30. The lowest BCUT2D eigenvalue weighted by Crippen LogP contribution is -2.48. The van der Waals surface area contributed by atoms with E-state index >= 15 is 0 Å². The van der Waals surface area contributed by atoms with E-state index in [1.165, 1.54) is 0 Å². The Labute approximate surface area is 152 Å². The predicted molar refractivity (Wildman–Crippen MR) is 94.6 cm³/mol. The van der Waals surface area contributed by atoms with E-state index in [1.807, 2.05) is 6.92 Å². The van der Waals surface area contributed by atoms with Gasteiger partial charge in [-0.2, -0.15) is 0 Å². The summed E-state index contributed by atoms with van der Waals surface area (Å²) in [5, 5.41) is 7.61. The first-order chi connectivity index (χ1) is 12.1. The maximum Gasteiger partial charge on any atom is 0.258 e. The lowest BCUT2D eigenvalue weighted by molar-refractivity contribution is -0.124. The average Bonchev–Trinajstić information content (AvgIpc) is 2.99. The van der Waals surface area contributed by atoms with E-state index in [0.717, 1.165) is 43.7 Å². The first-order valence-electron chi connectivity index (χ1n) is 8.40. The molecule has 25 heavy (non-hydrogen) atoms. The second-order valence-corrected chi connectivity index (χ2v) is 6.75. The number of rotatable bonds is 6. The molecule has 1 aromatic heterocycles. The van der Waals surface area contributed by atoms with Gasteiger partial charge >= 0.3 is 0 Å². The third-order valence-electron chi connectivity index (χ3n) is 4.30. The minimum Gasteiger partial charge on any atom is -0.484 e. The van der Waals surface area contributed by atoms with Crippen LogP contribution in [0.3, 0.4) is 0 Å². The number of aryl methyl sites for hydroxylation is 1. The molecule has 2 heterocycles. The Kier molecular flexibility index (Phi) is 5.94. The van der Waals surface area contributed by atoms with Crippen molar-refractivity contribution in [3.05, 3.63) is 46.8 Å². The van der Waals surface area contributed by atoms with Gasteiger partial charge in [0.25, 0.3) is 5.91 Å². The molecular formula is C18H22ClN3O3. The molecular weight excluding hydrogens is 342 g/mol. The highest BCUT2D eigenvalue weighted by Gasteiger charge is 2.22. The molecule has 0 unspecified atom stereocenters. The van der Waals surface area contributed by atoms with Crippen LogP contribution >= 0.6 is 11.6 Å². The smallest absolute Gasteiger partial charge is 0.258 e. The summed E-state index contributed by atoms with van der Waals surface area (Å²) in [5.41, 5.74) is 2.01. The SMILES string of the molecule is Cc1nocc1CN1CCC[C@H](NC(=O)COc2ccc(Cl)cc2)C1. The van der Waals surface area contributed by atoms with Crippen molar-refractivity contribution in [2.75, 3.05) is 19.7 Å². The highest BCUT2D eigenvalue weighted by atomic mass is 35.5. The van der Waals surface area contributed by atoms with Crippen molar-refractivity contribution < 1.29 is 14.1 Å². The standard InChI is InChI=1S/C18H22ClN3O3/c1-13-14(11-25-21-13)9-22-8-2-3-16(10-22)20-18(23)12-24-17-6-4-15(19)5-7-17/h4-7,11,16H,2-3,8-10,12H2,1H3,(H,20,23)/t16-/m0/s1. The van der Waals surface area contributed by atoms with Gasteiger partial charge in [0.15, 0.2) is 6.61 Å². The Bertz CT molecular complexity index is 702. The van der Waals surface area contributed by atoms with Crippen molar-refractivity contribution in [1.29, 1.82) is 0 Å². The van der Waals surface area contributed by atoms with Gasteiger partial charge in [-0.25, -0.2) is 0 Å². The number of likely N-dealkylation sites (tertiary alicyclic amines) is 1. The molecule has 1 aliphatic heterocycles. The minimum absolute atomic E-state index is 0.00287. The van der Waals surface area contributed by atoms with Gasteiger partial charge in [-0.1, -0.05) is 16.8 Å². The van der Waals surface area contributed by atoms with Crippen LogP contribution < -0.4 is 10.1 Å². The number of piperidine rings is 1. The van der Waals surface area contributed by atoms with Gasteiger partial charge in [-0.05, 0) is 50.6 Å². The molecule has 1 aromatic carbocycles. The van der Waals surface area contributed by atoms with Gasteiger partial charge in [0.2, 0.25) is 0 Å². The molecule has 1 fully saturated rings. The van der Waals surface area contributed by atoms with Crippen LogP contribution in [-0.2, 0) is 11.3 Å². The van der Waals surface area contributed by atoms with Gasteiger partial charge < -0.3 is 14.6 Å². The van der Waals surface area contributed by atoms with Crippen LogP contribution in [-0.4, -0.2) is 41.7 Å². The summed E-state index contributed by atoms with van der Waals surface area (Å²) >= 11 is 5.83. The zero-order chi connectivity index (χ0) is 17.6. The van der Waals surface area contributed by atoms with Crippen molar-refractivity contribution in [2.45, 2.75) is 32.4 Å². The Balaban J connectivity index is 1.44. The van der Waals surface area contributed by atoms with E-state index in [-0.39, 0.29) is 18.6 Å². The molecule has 3 rings (SSSR count). The normalized spacial score (nSPS) is 18.1. The third-order valence-corrected chi connectivity index (χ3v) is 4.55. The average molecular weight is 364 g/mol. The number of carbonyl (C=O) groups excluding carboxylic acids is 1. The van der Waals surface area contributed by atoms with Crippen LogP contribution in [0, 0.1) is 6.92 Å². The molecule has 0 bridgehead atoms. The Morgan fingerprint density at radius 2 is 2.24 bits per heavy atom. The number of amides is 1. The van der Waals surface area contributed by atoms with Gasteiger partial charge in [0, 0.05) is 29.7 Å². The number of nitrogens with zero attached hydrogens (tertiary/aromatic N) is 2. The molecule has 2 aromatic rings. The van der Waals surface area contributed by atoms with E-state index in [1.54, 1.807) is 30.5 Å². The Morgan fingerprint density at radius 1 is 1.44 bits per heavy atom. The van der Waals surface area contributed by atoms with Crippen molar-refractivity contribution >= 4 is 17.5 Å². The quantitative estimate of drug-likeness (QED) is 0.854. The maximum atomic E-state index is 12.1. The summed E-state index contributed by atoms with van der Waals surface area (Å²) in [5.74, 6) is 0.524. The molecule has 7 heteroatoms. The molecule has 134 valence electrons. The Morgan fingerprint density at radius 3 is 2.96 bits per heavy atom. The second-order valence-electron chi connectivity index (χ2n) is 6.31. The number of benzene rings is 1. The minimum atomic E-state index is -0.108. The van der Waals surface area contributed by atoms with Crippen LogP contribution in [0.15, 0.2) is 35.1 Å². The lowest BCUT2D eigenvalue weighted by Gasteiger charge is -2.32. The summed E-state index contributed by atoms with van der Waals surface area (Å²) in [6, 6.07) is 7.11. The second kappa shape index (κ2) is 8.36. The first kappa shape index (κ1) is 17.8. The number of halogens is 1. The summed E-state index contributed by atoms with van der Waals surface area (Å²) in [6.07, 6.45) is 3.72. The van der Waals surface area contributed by atoms with Gasteiger partial charge in [0.05, 0.1) is 5.69 Å². The summed E-state index contributed by atoms with van der Waals surface area (Å²) in [4.78, 5) is 14.4. The molecule has 6 nitrogen and oxygen atoms in total. The van der Waals surface area contributed by atoms with E-state index in [4.69, 9.17) is 20.9 Å². The van der Waals surface area contributed by atoms with Crippen LogP contribution in [0.5, 0.6) is 5.75 Å². The van der Waals surface area contributed by atoms with Crippen LogP contribution in [0.4, 0.5) is 0 Å². The van der Waals surface area contributed by atoms with Crippen LogP contribution in [0.25, 0.3) is 0 Å². The van der Waals surface area contributed by atoms with Gasteiger partial charge in [-0.3, -0.25) is 9.69 Å². The van der Waals surface area contributed by atoms with Crippen molar-refractivity contribution in [3.63, 3.8) is 0 Å². The van der Waals surface area contributed by atoms with E-state index < -0.39 is 0 Å². The molecule has 1 N–H and O–H groups in total. The summed E-state index contributed by atoms with van der Waals surface area (Å²) < 4.78 is 10.5. The lowest BCUT2D eigenvalue weighted by atomic mass is 10.0.